The molecular weight excluding hydrogens is 378 g/mol. The van der Waals surface area contributed by atoms with E-state index >= 15 is 0 Å². The molecule has 0 saturated carbocycles. The molecule has 1 aromatic heterocycles. The van der Waals surface area contributed by atoms with Crippen molar-refractivity contribution in [2.75, 3.05) is 0 Å². The number of halogens is 2. The van der Waals surface area contributed by atoms with E-state index in [-0.39, 0.29) is 25.8 Å². The van der Waals surface area contributed by atoms with Gasteiger partial charge in [-0.2, -0.15) is 5.10 Å². The van der Waals surface area contributed by atoms with Crippen LogP contribution in [0, 0.1) is 18.6 Å². The molecule has 0 aliphatic rings. The minimum atomic E-state index is -0.605. The molecular formula is C10H8F2IrN2. The van der Waals surface area contributed by atoms with Gasteiger partial charge in [0.1, 0.15) is 11.5 Å². The van der Waals surface area contributed by atoms with E-state index in [2.05, 4.69) is 5.10 Å². The average molecular weight is 386 g/mol. The summed E-state index contributed by atoms with van der Waals surface area (Å²) in [6.45, 7) is 1.64. The van der Waals surface area contributed by atoms with Crippen LogP contribution in [0.5, 0.6) is 0 Å². The summed E-state index contributed by atoms with van der Waals surface area (Å²) in [5.41, 5.74) is 0.808. The van der Waals surface area contributed by atoms with Gasteiger partial charge in [0.2, 0.25) is 0 Å². The fourth-order valence-corrected chi connectivity index (χ4v) is 1.39. The summed E-state index contributed by atoms with van der Waals surface area (Å²) in [6, 6.07) is 3.81. The molecule has 0 atom stereocenters. The smallest absolute Gasteiger partial charge is 0.152 e. The van der Waals surface area contributed by atoms with Crippen LogP contribution in [0.1, 0.15) is 5.56 Å². The number of benzene rings is 1. The largest absolute Gasteiger partial charge is 0.238 e. The molecule has 0 bridgehead atoms. The zero-order valence-electron chi connectivity index (χ0n) is 7.87. The maximum absolute atomic E-state index is 13.4. The van der Waals surface area contributed by atoms with Gasteiger partial charge in [-0.05, 0) is 24.6 Å². The topological polar surface area (TPSA) is 17.8 Å². The molecule has 2 nitrogen and oxygen atoms in total. The third-order valence-electron chi connectivity index (χ3n) is 1.95. The summed E-state index contributed by atoms with van der Waals surface area (Å²) in [6.07, 6.45) is 3.16. The van der Waals surface area contributed by atoms with Crippen LogP contribution in [0.4, 0.5) is 8.78 Å². The van der Waals surface area contributed by atoms with Gasteiger partial charge < -0.3 is 0 Å². The van der Waals surface area contributed by atoms with E-state index in [1.165, 1.54) is 10.7 Å². The van der Waals surface area contributed by atoms with Crippen LogP contribution in [-0.4, -0.2) is 9.78 Å². The van der Waals surface area contributed by atoms with Gasteiger partial charge in [-0.15, -0.1) is 0 Å². The molecule has 0 N–H and O–H groups in total. The summed E-state index contributed by atoms with van der Waals surface area (Å²) >= 11 is 0. The van der Waals surface area contributed by atoms with E-state index < -0.39 is 11.6 Å². The fourth-order valence-electron chi connectivity index (χ4n) is 1.39. The van der Waals surface area contributed by atoms with Crippen molar-refractivity contribution < 1.29 is 28.9 Å². The van der Waals surface area contributed by atoms with E-state index in [0.29, 0.717) is 5.56 Å². The second-order valence-electron chi connectivity index (χ2n) is 3.00. The van der Waals surface area contributed by atoms with Gasteiger partial charge in [0.05, 0.1) is 0 Å². The Morgan fingerprint density at radius 3 is 2.53 bits per heavy atom. The van der Waals surface area contributed by atoms with Crippen LogP contribution in [0.2, 0.25) is 0 Å². The summed E-state index contributed by atoms with van der Waals surface area (Å²) < 4.78 is 27.5. The summed E-state index contributed by atoms with van der Waals surface area (Å²) in [5.74, 6) is -1.18. The zero-order chi connectivity index (χ0) is 10.1. The summed E-state index contributed by atoms with van der Waals surface area (Å²) in [4.78, 5) is 0. The number of nitrogens with zero attached hydrogens (tertiary/aromatic N) is 2. The Labute approximate surface area is 99.3 Å². The van der Waals surface area contributed by atoms with Crippen molar-refractivity contribution in [3.8, 4) is 5.69 Å². The monoisotopic (exact) mass is 387 g/mol. The van der Waals surface area contributed by atoms with Gasteiger partial charge in [-0.1, -0.05) is 0 Å². The predicted molar refractivity (Wildman–Crippen MR) is 48.2 cm³/mol. The summed E-state index contributed by atoms with van der Waals surface area (Å²) in [7, 11) is 0. The molecule has 1 heterocycles. The normalized spacial score (nSPS) is 9.80. The minimum Gasteiger partial charge on any atom is -0.238 e. The second kappa shape index (κ2) is 4.64. The van der Waals surface area contributed by atoms with Gasteiger partial charge in [0, 0.05) is 38.6 Å². The Bertz CT molecular complexity index is 431. The SMILES string of the molecule is Cc1cc(F)cc(F)c1-n1cccn1.[Ir]. The molecule has 2 aromatic rings. The standard InChI is InChI=1S/C10H8F2N2.Ir/c1-7-5-8(11)6-9(12)10(7)14-4-2-3-13-14;/h2-6H,1H3;. The number of rotatable bonds is 1. The van der Waals surface area contributed by atoms with E-state index in [4.69, 9.17) is 0 Å². The number of aryl methyl sites for hydroxylation is 1. The number of hydrogen-bond donors (Lipinski definition) is 0. The molecule has 15 heavy (non-hydrogen) atoms. The van der Waals surface area contributed by atoms with Crippen LogP contribution in [-0.2, 0) is 20.1 Å². The van der Waals surface area contributed by atoms with Crippen molar-refractivity contribution in [1.82, 2.24) is 9.78 Å². The van der Waals surface area contributed by atoms with E-state index in [9.17, 15) is 8.78 Å². The molecule has 0 spiro atoms. The first-order valence-corrected chi connectivity index (χ1v) is 4.14. The Morgan fingerprint density at radius 1 is 1.27 bits per heavy atom. The van der Waals surface area contributed by atoms with Gasteiger partial charge in [-0.25, -0.2) is 13.5 Å². The molecule has 2 rings (SSSR count). The Kier molecular flexibility index (Phi) is 3.71. The van der Waals surface area contributed by atoms with Crippen LogP contribution in [0.25, 0.3) is 5.69 Å². The molecule has 81 valence electrons. The van der Waals surface area contributed by atoms with Crippen LogP contribution >= 0.6 is 0 Å². The molecule has 1 aromatic carbocycles. The Hall–Kier alpha value is -1.06. The Balaban J connectivity index is 0.00000112. The quantitative estimate of drug-likeness (QED) is 0.736. The predicted octanol–water partition coefficient (Wildman–Crippen LogP) is 2.46. The van der Waals surface area contributed by atoms with Crippen molar-refractivity contribution in [2.24, 2.45) is 0 Å². The molecule has 0 fully saturated rings. The first-order valence-electron chi connectivity index (χ1n) is 4.14. The van der Waals surface area contributed by atoms with E-state index in [1.54, 1.807) is 25.4 Å². The fraction of sp³-hybridized carbons (Fsp3) is 0.100. The van der Waals surface area contributed by atoms with Crippen molar-refractivity contribution in [3.05, 3.63) is 47.8 Å². The molecule has 5 heteroatoms. The second-order valence-corrected chi connectivity index (χ2v) is 3.00. The molecule has 0 aliphatic heterocycles. The minimum absolute atomic E-state index is 0. The van der Waals surface area contributed by atoms with Crippen LogP contribution < -0.4 is 0 Å². The van der Waals surface area contributed by atoms with E-state index in [1.807, 2.05) is 0 Å². The first-order chi connectivity index (χ1) is 6.68. The van der Waals surface area contributed by atoms with Crippen molar-refractivity contribution in [2.45, 2.75) is 6.92 Å². The molecule has 0 aliphatic carbocycles. The molecule has 0 amide bonds. The van der Waals surface area contributed by atoms with Gasteiger partial charge >= 0.3 is 0 Å². The third-order valence-corrected chi connectivity index (χ3v) is 1.95. The molecule has 1 radical (unpaired) electrons. The van der Waals surface area contributed by atoms with Crippen molar-refractivity contribution in [1.29, 1.82) is 0 Å². The maximum atomic E-state index is 13.4. The van der Waals surface area contributed by atoms with Gasteiger partial charge in [0.15, 0.2) is 5.82 Å². The summed E-state index contributed by atoms with van der Waals surface area (Å²) in [5, 5.41) is 3.89. The van der Waals surface area contributed by atoms with Crippen molar-refractivity contribution >= 4 is 0 Å². The number of hydrogen-bond acceptors (Lipinski definition) is 1. The van der Waals surface area contributed by atoms with Gasteiger partial charge in [0.25, 0.3) is 0 Å². The van der Waals surface area contributed by atoms with Crippen LogP contribution in [0.15, 0.2) is 30.6 Å². The van der Waals surface area contributed by atoms with Crippen LogP contribution in [0.3, 0.4) is 0 Å². The van der Waals surface area contributed by atoms with Crippen molar-refractivity contribution in [3.63, 3.8) is 0 Å². The molecule has 0 saturated heterocycles. The average Bonchev–Trinajstić information content (AvgIpc) is 2.54. The maximum Gasteiger partial charge on any atom is 0.152 e. The van der Waals surface area contributed by atoms with E-state index in [0.717, 1.165) is 6.07 Å². The van der Waals surface area contributed by atoms with Gasteiger partial charge in [-0.3, -0.25) is 0 Å². The number of aromatic nitrogens is 2. The third kappa shape index (κ3) is 2.30. The molecule has 0 unspecified atom stereocenters. The Morgan fingerprint density at radius 2 is 2.00 bits per heavy atom. The first kappa shape index (κ1) is 12.0. The zero-order valence-corrected chi connectivity index (χ0v) is 10.3.